The van der Waals surface area contributed by atoms with Gasteiger partial charge in [0.25, 0.3) is 0 Å². The van der Waals surface area contributed by atoms with Gasteiger partial charge in [0.15, 0.2) is 0 Å². The number of rotatable bonds is 9. The van der Waals surface area contributed by atoms with E-state index in [1.807, 2.05) is 29.2 Å². The van der Waals surface area contributed by atoms with Crippen LogP contribution in [0.25, 0.3) is 0 Å². The van der Waals surface area contributed by atoms with Crippen LogP contribution in [-0.4, -0.2) is 42.9 Å². The van der Waals surface area contributed by atoms with Gasteiger partial charge in [-0.2, -0.15) is 0 Å². The molecule has 1 saturated heterocycles. The monoisotopic (exact) mass is 435 g/mol. The van der Waals surface area contributed by atoms with Crippen molar-refractivity contribution in [1.82, 2.24) is 4.90 Å². The van der Waals surface area contributed by atoms with E-state index in [4.69, 9.17) is 0 Å². The van der Waals surface area contributed by atoms with Gasteiger partial charge in [-0.05, 0) is 49.6 Å². The number of amides is 2. The molecule has 1 fully saturated rings. The van der Waals surface area contributed by atoms with Gasteiger partial charge in [0.1, 0.15) is 0 Å². The van der Waals surface area contributed by atoms with Crippen molar-refractivity contribution in [2.45, 2.75) is 52.9 Å². The fourth-order valence-electron chi connectivity index (χ4n) is 4.29. The van der Waals surface area contributed by atoms with Crippen LogP contribution in [0.2, 0.25) is 0 Å². The molecular formula is C27H37N3O2. The molecule has 32 heavy (non-hydrogen) atoms. The number of hydrogen-bond acceptors (Lipinski definition) is 3. The van der Waals surface area contributed by atoms with Crippen LogP contribution in [0.15, 0.2) is 48.5 Å². The number of hydrogen-bond donors (Lipinski definition) is 1. The predicted molar refractivity (Wildman–Crippen MR) is 132 cm³/mol. The Morgan fingerprint density at radius 1 is 1.00 bits per heavy atom. The highest BCUT2D eigenvalue weighted by atomic mass is 16.2. The van der Waals surface area contributed by atoms with Crippen molar-refractivity contribution < 1.29 is 9.59 Å². The van der Waals surface area contributed by atoms with Gasteiger partial charge < -0.3 is 15.1 Å². The zero-order valence-electron chi connectivity index (χ0n) is 19.8. The maximum atomic E-state index is 12.7. The van der Waals surface area contributed by atoms with Crippen LogP contribution in [0.1, 0.15) is 50.7 Å². The summed E-state index contributed by atoms with van der Waals surface area (Å²) >= 11 is 0. The van der Waals surface area contributed by atoms with E-state index in [1.54, 1.807) is 0 Å². The molecule has 1 heterocycles. The summed E-state index contributed by atoms with van der Waals surface area (Å²) in [6, 6.07) is 16.3. The summed E-state index contributed by atoms with van der Waals surface area (Å²) in [4.78, 5) is 29.5. The Kier molecular flexibility index (Phi) is 8.72. The van der Waals surface area contributed by atoms with E-state index in [-0.39, 0.29) is 17.7 Å². The molecule has 5 heteroatoms. The number of nitrogens with zero attached hydrogens (tertiary/aromatic N) is 2. The van der Waals surface area contributed by atoms with Crippen molar-refractivity contribution in [2.24, 2.45) is 5.92 Å². The van der Waals surface area contributed by atoms with Crippen LogP contribution < -0.4 is 10.2 Å². The van der Waals surface area contributed by atoms with Crippen LogP contribution in [-0.2, 0) is 16.0 Å². The number of benzene rings is 2. The van der Waals surface area contributed by atoms with Gasteiger partial charge in [-0.15, -0.1) is 0 Å². The Labute approximate surface area is 192 Å². The lowest BCUT2D eigenvalue weighted by Gasteiger charge is -2.36. The fraction of sp³-hybridized carbons (Fsp3) is 0.481. The Balaban J connectivity index is 1.49. The van der Waals surface area contributed by atoms with E-state index in [2.05, 4.69) is 55.3 Å². The molecule has 1 unspecified atom stereocenters. The third-order valence-corrected chi connectivity index (χ3v) is 6.34. The van der Waals surface area contributed by atoms with Crippen LogP contribution in [0.4, 0.5) is 11.4 Å². The molecule has 0 bridgehead atoms. The molecule has 0 radical (unpaired) electrons. The first-order valence-corrected chi connectivity index (χ1v) is 12.0. The highest BCUT2D eigenvalue weighted by Crippen LogP contribution is 2.21. The summed E-state index contributed by atoms with van der Waals surface area (Å²) in [5.74, 6) is 0.399. The number of anilines is 2. The molecule has 3 rings (SSSR count). The minimum absolute atomic E-state index is 0.0834. The highest BCUT2D eigenvalue weighted by molar-refractivity contribution is 5.92. The maximum absolute atomic E-state index is 12.7. The van der Waals surface area contributed by atoms with Gasteiger partial charge >= 0.3 is 0 Å². The van der Waals surface area contributed by atoms with Crippen LogP contribution >= 0.6 is 0 Å². The summed E-state index contributed by atoms with van der Waals surface area (Å²) in [5.41, 5.74) is 4.24. The summed E-state index contributed by atoms with van der Waals surface area (Å²) < 4.78 is 0. The lowest BCUT2D eigenvalue weighted by atomic mass is 9.98. The average Bonchev–Trinajstić information content (AvgIpc) is 2.80. The molecule has 1 aliphatic rings. The van der Waals surface area contributed by atoms with E-state index in [0.717, 1.165) is 68.8 Å². The third kappa shape index (κ3) is 6.59. The zero-order chi connectivity index (χ0) is 22.9. The topological polar surface area (TPSA) is 52.7 Å². The first kappa shape index (κ1) is 23.8. The highest BCUT2D eigenvalue weighted by Gasteiger charge is 2.22. The summed E-state index contributed by atoms with van der Waals surface area (Å²) in [6.07, 6.45) is 4.49. The lowest BCUT2D eigenvalue weighted by Crippen LogP contribution is -2.49. The largest absolute Gasteiger partial charge is 0.368 e. The average molecular weight is 436 g/mol. The first-order valence-electron chi connectivity index (χ1n) is 12.0. The molecule has 1 N–H and O–H groups in total. The minimum Gasteiger partial charge on any atom is -0.368 e. The Morgan fingerprint density at radius 3 is 2.34 bits per heavy atom. The van der Waals surface area contributed by atoms with E-state index in [0.29, 0.717) is 6.42 Å². The SMILES string of the molecule is CCCCC(CC)C(=O)Nc1ccc(N2CCN(C(=O)Cc3cccc(C)c3)CC2)cc1. The number of nitrogens with one attached hydrogen (secondary N) is 1. The summed E-state index contributed by atoms with van der Waals surface area (Å²) in [7, 11) is 0. The first-order chi connectivity index (χ1) is 15.5. The standard InChI is InChI=1S/C27H37N3O2/c1-4-6-10-23(5-2)27(32)28-24-11-13-25(14-12-24)29-15-17-30(18-16-29)26(31)20-22-9-7-8-21(3)19-22/h7-9,11-14,19,23H,4-6,10,15-18,20H2,1-3H3,(H,28,32). The molecule has 172 valence electrons. The van der Waals surface area contributed by atoms with Crippen molar-refractivity contribution >= 4 is 23.2 Å². The summed E-state index contributed by atoms with van der Waals surface area (Å²) in [5, 5.41) is 3.07. The molecule has 5 nitrogen and oxygen atoms in total. The van der Waals surface area contributed by atoms with Crippen molar-refractivity contribution in [1.29, 1.82) is 0 Å². The van der Waals surface area contributed by atoms with E-state index < -0.39 is 0 Å². The van der Waals surface area contributed by atoms with E-state index in [1.165, 1.54) is 5.56 Å². The molecule has 1 aliphatic heterocycles. The molecule has 0 aromatic heterocycles. The molecular weight excluding hydrogens is 398 g/mol. The lowest BCUT2D eigenvalue weighted by molar-refractivity contribution is -0.130. The second-order valence-corrected chi connectivity index (χ2v) is 8.82. The summed E-state index contributed by atoms with van der Waals surface area (Å²) in [6.45, 7) is 9.40. The molecule has 0 spiro atoms. The number of carbonyl (C=O) groups excluding carboxylic acids is 2. The van der Waals surface area contributed by atoms with Crippen LogP contribution in [0.3, 0.4) is 0 Å². The normalized spacial score (nSPS) is 14.8. The van der Waals surface area contributed by atoms with Gasteiger partial charge in [0, 0.05) is 43.5 Å². The smallest absolute Gasteiger partial charge is 0.227 e. The fourth-order valence-corrected chi connectivity index (χ4v) is 4.29. The second kappa shape index (κ2) is 11.7. The molecule has 2 aromatic rings. The quantitative estimate of drug-likeness (QED) is 0.600. The van der Waals surface area contributed by atoms with Crippen LogP contribution in [0.5, 0.6) is 0 Å². The molecule has 0 aliphatic carbocycles. The van der Waals surface area contributed by atoms with Gasteiger partial charge in [-0.25, -0.2) is 0 Å². The van der Waals surface area contributed by atoms with Gasteiger partial charge in [-0.1, -0.05) is 56.5 Å². The number of unbranched alkanes of at least 4 members (excludes halogenated alkanes) is 1. The second-order valence-electron chi connectivity index (χ2n) is 8.82. The van der Waals surface area contributed by atoms with E-state index >= 15 is 0 Å². The molecule has 1 atom stereocenters. The van der Waals surface area contributed by atoms with Crippen molar-refractivity contribution in [3.05, 3.63) is 59.7 Å². The van der Waals surface area contributed by atoms with E-state index in [9.17, 15) is 9.59 Å². The minimum atomic E-state index is 0.0834. The van der Waals surface area contributed by atoms with Crippen molar-refractivity contribution in [3.8, 4) is 0 Å². The van der Waals surface area contributed by atoms with Crippen LogP contribution in [0, 0.1) is 12.8 Å². The van der Waals surface area contributed by atoms with Crippen molar-refractivity contribution in [3.63, 3.8) is 0 Å². The zero-order valence-corrected chi connectivity index (χ0v) is 19.8. The van der Waals surface area contributed by atoms with Gasteiger partial charge in [0.2, 0.25) is 11.8 Å². The van der Waals surface area contributed by atoms with Gasteiger partial charge in [0.05, 0.1) is 6.42 Å². The number of carbonyl (C=O) groups is 2. The molecule has 2 amide bonds. The molecule has 2 aromatic carbocycles. The maximum Gasteiger partial charge on any atom is 0.227 e. The Morgan fingerprint density at radius 2 is 1.72 bits per heavy atom. The van der Waals surface area contributed by atoms with Crippen molar-refractivity contribution in [2.75, 3.05) is 36.4 Å². The third-order valence-electron chi connectivity index (χ3n) is 6.34. The molecule has 0 saturated carbocycles. The van der Waals surface area contributed by atoms with Gasteiger partial charge in [-0.3, -0.25) is 9.59 Å². The Bertz CT molecular complexity index is 886. The predicted octanol–water partition coefficient (Wildman–Crippen LogP) is 5.04. The Hall–Kier alpha value is -2.82. The number of aryl methyl sites for hydroxylation is 1. The number of piperazine rings is 1.